The number of amides is 1. The summed E-state index contributed by atoms with van der Waals surface area (Å²) in [7, 11) is 0. The maximum absolute atomic E-state index is 11.8. The third kappa shape index (κ3) is 5.25. The molecule has 0 aliphatic rings. The predicted molar refractivity (Wildman–Crippen MR) is 95.7 cm³/mol. The number of hydrogen-bond donors (Lipinski definition) is 1. The molecule has 126 valence electrons. The van der Waals surface area contributed by atoms with Crippen molar-refractivity contribution in [3.8, 4) is 0 Å². The second-order valence-electron chi connectivity index (χ2n) is 5.43. The van der Waals surface area contributed by atoms with Gasteiger partial charge in [0.05, 0.1) is 16.5 Å². The molecule has 0 unspecified atom stereocenters. The summed E-state index contributed by atoms with van der Waals surface area (Å²) in [5.74, 6) is -0.899. The van der Waals surface area contributed by atoms with Gasteiger partial charge in [0.1, 0.15) is 0 Å². The van der Waals surface area contributed by atoms with E-state index in [2.05, 4.69) is 5.32 Å². The number of anilines is 1. The van der Waals surface area contributed by atoms with Crippen LogP contribution in [0.25, 0.3) is 0 Å². The maximum atomic E-state index is 11.8. The minimum atomic E-state index is -0.511. The third-order valence-corrected chi connectivity index (χ3v) is 4.23. The van der Waals surface area contributed by atoms with Crippen LogP contribution >= 0.6 is 23.2 Å². The Morgan fingerprint density at radius 1 is 1.00 bits per heavy atom. The predicted octanol–water partition coefficient (Wildman–Crippen LogP) is 4.33. The topological polar surface area (TPSA) is 55.4 Å². The minimum absolute atomic E-state index is 0.0216. The minimum Gasteiger partial charge on any atom is -0.455 e. The van der Waals surface area contributed by atoms with Gasteiger partial charge in [-0.25, -0.2) is 0 Å². The first-order chi connectivity index (χ1) is 11.3. The summed E-state index contributed by atoms with van der Waals surface area (Å²) in [4.78, 5) is 23.6. The van der Waals surface area contributed by atoms with Gasteiger partial charge in [0.25, 0.3) is 5.91 Å². The van der Waals surface area contributed by atoms with Crippen LogP contribution in [0.2, 0.25) is 10.0 Å². The molecule has 0 heterocycles. The lowest BCUT2D eigenvalue weighted by Gasteiger charge is -2.08. The van der Waals surface area contributed by atoms with Crippen LogP contribution in [0.3, 0.4) is 0 Å². The second kappa shape index (κ2) is 8.18. The highest BCUT2D eigenvalue weighted by molar-refractivity contribution is 6.42. The zero-order valence-electron chi connectivity index (χ0n) is 13.4. The third-order valence-electron chi connectivity index (χ3n) is 3.49. The molecular weight excluding hydrogens is 349 g/mol. The van der Waals surface area contributed by atoms with Gasteiger partial charge >= 0.3 is 5.97 Å². The Labute approximate surface area is 150 Å². The average Bonchev–Trinajstić information content (AvgIpc) is 2.53. The Bertz CT molecular complexity index is 709. The summed E-state index contributed by atoms with van der Waals surface area (Å²) in [5.41, 5.74) is 3.55. The number of ether oxygens (including phenoxy) is 1. The van der Waals surface area contributed by atoms with Crippen LogP contribution in [0.4, 0.5) is 5.69 Å². The Morgan fingerprint density at radius 3 is 2.42 bits per heavy atom. The van der Waals surface area contributed by atoms with Crippen molar-refractivity contribution in [1.29, 1.82) is 0 Å². The number of rotatable bonds is 5. The molecule has 0 bridgehead atoms. The molecule has 0 atom stereocenters. The van der Waals surface area contributed by atoms with Crippen molar-refractivity contribution in [3.05, 3.63) is 63.1 Å². The van der Waals surface area contributed by atoms with E-state index in [0.717, 1.165) is 11.1 Å². The van der Waals surface area contributed by atoms with Crippen LogP contribution in [0, 0.1) is 13.8 Å². The number of halogens is 2. The Kier molecular flexibility index (Phi) is 6.23. The van der Waals surface area contributed by atoms with Gasteiger partial charge in [0.15, 0.2) is 6.61 Å². The van der Waals surface area contributed by atoms with Crippen LogP contribution in [0.1, 0.15) is 16.7 Å². The van der Waals surface area contributed by atoms with E-state index < -0.39 is 5.97 Å². The number of carbonyl (C=O) groups excluding carboxylic acids is 2. The van der Waals surface area contributed by atoms with Gasteiger partial charge in [-0.05, 0) is 54.8 Å². The van der Waals surface area contributed by atoms with Gasteiger partial charge in [-0.2, -0.15) is 0 Å². The molecule has 2 aromatic carbocycles. The van der Waals surface area contributed by atoms with Crippen LogP contribution in [-0.4, -0.2) is 18.5 Å². The first-order valence-corrected chi connectivity index (χ1v) is 8.07. The van der Waals surface area contributed by atoms with E-state index in [1.807, 2.05) is 26.0 Å². The number of benzene rings is 2. The van der Waals surface area contributed by atoms with Crippen LogP contribution < -0.4 is 5.32 Å². The van der Waals surface area contributed by atoms with Crippen molar-refractivity contribution in [2.45, 2.75) is 20.3 Å². The lowest BCUT2D eigenvalue weighted by molar-refractivity contribution is -0.146. The molecule has 2 rings (SSSR count). The molecule has 24 heavy (non-hydrogen) atoms. The summed E-state index contributed by atoms with van der Waals surface area (Å²) in [6.07, 6.45) is 0.0216. The molecule has 1 amide bonds. The summed E-state index contributed by atoms with van der Waals surface area (Å²) >= 11 is 11.7. The number of aryl methyl sites for hydroxylation is 2. The van der Waals surface area contributed by atoms with E-state index in [-0.39, 0.29) is 18.9 Å². The Hall–Kier alpha value is -2.04. The molecule has 0 saturated carbocycles. The first-order valence-electron chi connectivity index (χ1n) is 7.32. The van der Waals surface area contributed by atoms with Gasteiger partial charge in [0, 0.05) is 5.69 Å². The largest absolute Gasteiger partial charge is 0.455 e. The van der Waals surface area contributed by atoms with Crippen molar-refractivity contribution in [2.75, 3.05) is 11.9 Å². The molecule has 0 saturated heterocycles. The number of carbonyl (C=O) groups is 2. The zero-order chi connectivity index (χ0) is 17.7. The molecular formula is C18H17Cl2NO3. The molecule has 0 spiro atoms. The van der Waals surface area contributed by atoms with Crippen LogP contribution in [0.15, 0.2) is 36.4 Å². The molecule has 0 aromatic heterocycles. The highest BCUT2D eigenvalue weighted by atomic mass is 35.5. The summed E-state index contributed by atoms with van der Waals surface area (Å²) in [5, 5.41) is 3.48. The monoisotopic (exact) mass is 365 g/mol. The van der Waals surface area contributed by atoms with E-state index in [1.165, 1.54) is 0 Å². The number of nitrogens with one attached hydrogen (secondary N) is 1. The van der Waals surface area contributed by atoms with E-state index >= 15 is 0 Å². The highest BCUT2D eigenvalue weighted by Crippen LogP contribution is 2.22. The van der Waals surface area contributed by atoms with E-state index in [9.17, 15) is 9.59 Å². The lowest BCUT2D eigenvalue weighted by Crippen LogP contribution is -2.21. The van der Waals surface area contributed by atoms with Gasteiger partial charge in [-0.1, -0.05) is 35.3 Å². The lowest BCUT2D eigenvalue weighted by atomic mass is 10.1. The highest BCUT2D eigenvalue weighted by Gasteiger charge is 2.10. The fraction of sp³-hybridized carbons (Fsp3) is 0.222. The molecule has 2 aromatic rings. The summed E-state index contributed by atoms with van der Waals surface area (Å²) in [6, 6.07) is 10.5. The SMILES string of the molecule is Cc1ccc(NC(=O)COC(=O)Cc2ccc(Cl)c(Cl)c2)cc1C. The average molecular weight is 366 g/mol. The van der Waals surface area contributed by atoms with Gasteiger partial charge in [0.2, 0.25) is 0 Å². The molecule has 6 heteroatoms. The quantitative estimate of drug-likeness (QED) is 0.802. The van der Waals surface area contributed by atoms with Gasteiger partial charge < -0.3 is 10.1 Å². The normalized spacial score (nSPS) is 10.3. The fourth-order valence-corrected chi connectivity index (χ4v) is 2.35. The van der Waals surface area contributed by atoms with E-state index in [1.54, 1.807) is 24.3 Å². The molecule has 0 radical (unpaired) electrons. The summed E-state index contributed by atoms with van der Waals surface area (Å²) < 4.78 is 4.98. The summed E-state index contributed by atoms with van der Waals surface area (Å²) in [6.45, 7) is 3.61. The molecule has 0 fully saturated rings. The Morgan fingerprint density at radius 2 is 1.75 bits per heavy atom. The molecule has 1 N–H and O–H groups in total. The first kappa shape index (κ1) is 18.3. The van der Waals surface area contributed by atoms with Crippen LogP contribution in [-0.2, 0) is 20.7 Å². The van der Waals surface area contributed by atoms with Crippen molar-refractivity contribution in [3.63, 3.8) is 0 Å². The standard InChI is InChI=1S/C18H17Cl2NO3/c1-11-3-5-14(7-12(11)2)21-17(22)10-24-18(23)9-13-4-6-15(19)16(20)8-13/h3-8H,9-10H2,1-2H3,(H,21,22). The van der Waals surface area contributed by atoms with Crippen molar-refractivity contribution in [1.82, 2.24) is 0 Å². The number of hydrogen-bond acceptors (Lipinski definition) is 3. The van der Waals surface area contributed by atoms with Crippen molar-refractivity contribution < 1.29 is 14.3 Å². The van der Waals surface area contributed by atoms with Gasteiger partial charge in [-0.15, -0.1) is 0 Å². The fourth-order valence-electron chi connectivity index (χ4n) is 2.03. The van der Waals surface area contributed by atoms with Crippen molar-refractivity contribution in [2.24, 2.45) is 0 Å². The number of esters is 1. The smallest absolute Gasteiger partial charge is 0.310 e. The van der Waals surface area contributed by atoms with Crippen LogP contribution in [0.5, 0.6) is 0 Å². The Balaban J connectivity index is 1.83. The maximum Gasteiger partial charge on any atom is 0.310 e. The molecule has 0 aliphatic carbocycles. The van der Waals surface area contributed by atoms with E-state index in [0.29, 0.717) is 21.3 Å². The zero-order valence-corrected chi connectivity index (χ0v) is 14.9. The molecule has 4 nitrogen and oxygen atoms in total. The van der Waals surface area contributed by atoms with E-state index in [4.69, 9.17) is 27.9 Å². The van der Waals surface area contributed by atoms with Gasteiger partial charge in [-0.3, -0.25) is 9.59 Å². The van der Waals surface area contributed by atoms with Crippen molar-refractivity contribution >= 4 is 40.8 Å². The second-order valence-corrected chi connectivity index (χ2v) is 6.25. The molecule has 0 aliphatic heterocycles.